The number of aromatic nitrogens is 4. The van der Waals surface area contributed by atoms with Gasteiger partial charge in [-0.3, -0.25) is 4.79 Å². The zero-order valence-electron chi connectivity index (χ0n) is 12.4. The van der Waals surface area contributed by atoms with Crippen LogP contribution in [0.3, 0.4) is 0 Å². The molecule has 1 heterocycles. The van der Waals surface area contributed by atoms with E-state index in [0.29, 0.717) is 12.1 Å². The molecule has 0 aliphatic carbocycles. The van der Waals surface area contributed by atoms with Crippen molar-refractivity contribution in [2.75, 3.05) is 5.32 Å². The van der Waals surface area contributed by atoms with E-state index >= 15 is 0 Å². The van der Waals surface area contributed by atoms with Gasteiger partial charge in [0.2, 0.25) is 5.91 Å². The van der Waals surface area contributed by atoms with Crippen molar-refractivity contribution >= 4 is 11.6 Å². The fraction of sp³-hybridized carbons (Fsp3) is 0.429. The van der Waals surface area contributed by atoms with E-state index in [1.807, 2.05) is 39.0 Å². The van der Waals surface area contributed by atoms with Gasteiger partial charge in [0.05, 0.1) is 5.69 Å². The Labute approximate surface area is 123 Å². The van der Waals surface area contributed by atoms with E-state index in [4.69, 9.17) is 5.73 Å². The monoisotopic (exact) mass is 288 g/mol. The van der Waals surface area contributed by atoms with Crippen LogP contribution in [0.1, 0.15) is 25.8 Å². The Morgan fingerprint density at radius 2 is 2.19 bits per heavy atom. The molecule has 7 nitrogen and oxygen atoms in total. The lowest BCUT2D eigenvalue weighted by molar-refractivity contribution is -0.116. The van der Waals surface area contributed by atoms with Crippen molar-refractivity contribution in [3.63, 3.8) is 0 Å². The van der Waals surface area contributed by atoms with Gasteiger partial charge in [-0.25, -0.2) is 4.68 Å². The first-order valence-corrected chi connectivity index (χ1v) is 6.87. The summed E-state index contributed by atoms with van der Waals surface area (Å²) < 4.78 is 1.56. The molecule has 1 atom stereocenters. The number of amides is 1. The number of benzene rings is 1. The van der Waals surface area contributed by atoms with Crippen LogP contribution in [-0.4, -0.2) is 32.2 Å². The highest BCUT2D eigenvalue weighted by Gasteiger charge is 2.13. The van der Waals surface area contributed by atoms with Crippen LogP contribution in [0.25, 0.3) is 5.69 Å². The van der Waals surface area contributed by atoms with Crippen molar-refractivity contribution in [1.82, 2.24) is 20.2 Å². The SMILES string of the molecule is Cc1ccc(NC(=O)CC(N)C(C)C)cc1-n1cnnn1. The number of rotatable bonds is 5. The molecule has 0 spiro atoms. The summed E-state index contributed by atoms with van der Waals surface area (Å²) in [6.45, 7) is 5.95. The van der Waals surface area contributed by atoms with Crippen LogP contribution in [0.5, 0.6) is 0 Å². The highest BCUT2D eigenvalue weighted by Crippen LogP contribution is 2.18. The number of aryl methyl sites for hydroxylation is 1. The van der Waals surface area contributed by atoms with Crippen LogP contribution in [0.4, 0.5) is 5.69 Å². The number of hydrogen-bond donors (Lipinski definition) is 2. The minimum absolute atomic E-state index is 0.0947. The molecule has 0 saturated carbocycles. The topological polar surface area (TPSA) is 98.7 Å². The summed E-state index contributed by atoms with van der Waals surface area (Å²) >= 11 is 0. The molecule has 0 saturated heterocycles. The van der Waals surface area contributed by atoms with Crippen LogP contribution in [0.2, 0.25) is 0 Å². The Kier molecular flexibility index (Phi) is 4.64. The summed E-state index contributed by atoms with van der Waals surface area (Å²) in [5, 5.41) is 14.0. The molecule has 2 rings (SSSR count). The summed E-state index contributed by atoms with van der Waals surface area (Å²) in [6, 6.07) is 5.45. The van der Waals surface area contributed by atoms with Gasteiger partial charge >= 0.3 is 0 Å². The number of hydrogen-bond acceptors (Lipinski definition) is 5. The van der Waals surface area contributed by atoms with Gasteiger partial charge in [0.1, 0.15) is 6.33 Å². The predicted octanol–water partition coefficient (Wildman–Crippen LogP) is 1.28. The quantitative estimate of drug-likeness (QED) is 0.863. The lowest BCUT2D eigenvalue weighted by Gasteiger charge is -2.15. The summed E-state index contributed by atoms with van der Waals surface area (Å²) in [7, 11) is 0. The highest BCUT2D eigenvalue weighted by molar-refractivity contribution is 5.91. The van der Waals surface area contributed by atoms with Gasteiger partial charge < -0.3 is 11.1 Å². The van der Waals surface area contributed by atoms with E-state index in [9.17, 15) is 4.79 Å². The zero-order chi connectivity index (χ0) is 15.4. The molecule has 3 N–H and O–H groups in total. The van der Waals surface area contributed by atoms with Crippen LogP contribution < -0.4 is 11.1 Å². The second kappa shape index (κ2) is 6.45. The zero-order valence-corrected chi connectivity index (χ0v) is 12.4. The first-order chi connectivity index (χ1) is 9.97. The lowest BCUT2D eigenvalue weighted by atomic mass is 10.0. The van der Waals surface area contributed by atoms with E-state index in [1.54, 1.807) is 4.68 Å². The number of tetrazole rings is 1. The summed E-state index contributed by atoms with van der Waals surface area (Å²) in [6.07, 6.45) is 1.81. The second-order valence-electron chi connectivity index (χ2n) is 5.42. The number of nitrogens with two attached hydrogens (primary N) is 1. The largest absolute Gasteiger partial charge is 0.327 e. The molecule has 0 fully saturated rings. The summed E-state index contributed by atoms with van der Waals surface area (Å²) in [5.41, 5.74) is 8.45. The van der Waals surface area contributed by atoms with E-state index in [2.05, 4.69) is 20.8 Å². The minimum Gasteiger partial charge on any atom is -0.327 e. The lowest BCUT2D eigenvalue weighted by Crippen LogP contribution is -2.31. The van der Waals surface area contributed by atoms with Gasteiger partial charge in [0.25, 0.3) is 0 Å². The van der Waals surface area contributed by atoms with E-state index in [0.717, 1.165) is 11.3 Å². The molecular weight excluding hydrogens is 268 g/mol. The van der Waals surface area contributed by atoms with Gasteiger partial charge in [-0.1, -0.05) is 19.9 Å². The van der Waals surface area contributed by atoms with Crippen molar-refractivity contribution in [2.24, 2.45) is 11.7 Å². The van der Waals surface area contributed by atoms with Crippen molar-refractivity contribution in [2.45, 2.75) is 33.2 Å². The van der Waals surface area contributed by atoms with Crippen molar-refractivity contribution in [1.29, 1.82) is 0 Å². The summed E-state index contributed by atoms with van der Waals surface area (Å²) in [4.78, 5) is 12.0. The summed E-state index contributed by atoms with van der Waals surface area (Å²) in [5.74, 6) is 0.174. The minimum atomic E-state index is -0.144. The average Bonchev–Trinajstić information content (AvgIpc) is 2.94. The number of carbonyl (C=O) groups excluding carboxylic acids is 1. The fourth-order valence-electron chi connectivity index (χ4n) is 1.87. The number of anilines is 1. The molecule has 0 bridgehead atoms. The number of nitrogens with zero attached hydrogens (tertiary/aromatic N) is 4. The first-order valence-electron chi connectivity index (χ1n) is 6.87. The third-order valence-electron chi connectivity index (χ3n) is 3.37. The molecule has 1 aromatic carbocycles. The molecule has 21 heavy (non-hydrogen) atoms. The molecule has 1 aromatic heterocycles. The Bertz CT molecular complexity index is 608. The van der Waals surface area contributed by atoms with Crippen molar-refractivity contribution in [3.8, 4) is 5.69 Å². The molecular formula is C14H20N6O. The van der Waals surface area contributed by atoms with Gasteiger partial charge in [-0.15, -0.1) is 5.10 Å². The van der Waals surface area contributed by atoms with Crippen molar-refractivity contribution in [3.05, 3.63) is 30.1 Å². The van der Waals surface area contributed by atoms with Crippen LogP contribution in [-0.2, 0) is 4.79 Å². The maximum Gasteiger partial charge on any atom is 0.225 e. The van der Waals surface area contributed by atoms with Gasteiger partial charge in [-0.05, 0) is 41.0 Å². The maximum atomic E-state index is 12.0. The first kappa shape index (κ1) is 15.1. The van der Waals surface area contributed by atoms with Gasteiger partial charge in [-0.2, -0.15) is 0 Å². The van der Waals surface area contributed by atoms with Crippen LogP contribution in [0.15, 0.2) is 24.5 Å². The number of nitrogens with one attached hydrogen (secondary N) is 1. The third-order valence-corrected chi connectivity index (χ3v) is 3.37. The molecule has 0 aliphatic rings. The van der Waals surface area contributed by atoms with Gasteiger partial charge in [0, 0.05) is 18.2 Å². The smallest absolute Gasteiger partial charge is 0.225 e. The molecule has 2 aromatic rings. The van der Waals surface area contributed by atoms with E-state index in [1.165, 1.54) is 6.33 Å². The molecule has 7 heteroatoms. The average molecular weight is 288 g/mol. The van der Waals surface area contributed by atoms with Crippen LogP contribution in [0, 0.1) is 12.8 Å². The van der Waals surface area contributed by atoms with E-state index in [-0.39, 0.29) is 17.9 Å². The Morgan fingerprint density at radius 3 is 2.81 bits per heavy atom. The molecule has 1 amide bonds. The highest BCUT2D eigenvalue weighted by atomic mass is 16.1. The van der Waals surface area contributed by atoms with Gasteiger partial charge in [0.15, 0.2) is 0 Å². The van der Waals surface area contributed by atoms with Crippen LogP contribution >= 0.6 is 0 Å². The number of carbonyl (C=O) groups is 1. The molecule has 0 radical (unpaired) electrons. The molecule has 1 unspecified atom stereocenters. The van der Waals surface area contributed by atoms with Crippen molar-refractivity contribution < 1.29 is 4.79 Å². The van der Waals surface area contributed by atoms with E-state index < -0.39 is 0 Å². The Hall–Kier alpha value is -2.28. The maximum absolute atomic E-state index is 12.0. The Morgan fingerprint density at radius 1 is 1.43 bits per heavy atom. The molecule has 112 valence electrons. The standard InChI is InChI=1S/C14H20N6O/c1-9(2)12(15)7-14(21)17-11-5-4-10(3)13(6-11)20-8-16-18-19-20/h4-6,8-9,12H,7,15H2,1-3H3,(H,17,21). The normalized spacial score (nSPS) is 12.4. The fourth-order valence-corrected chi connectivity index (χ4v) is 1.87. The second-order valence-corrected chi connectivity index (χ2v) is 5.42. The predicted molar refractivity (Wildman–Crippen MR) is 80.0 cm³/mol. The molecule has 0 aliphatic heterocycles. The Balaban J connectivity index is 2.11. The third kappa shape index (κ3) is 3.85.